The minimum atomic E-state index is -4.39. The van der Waals surface area contributed by atoms with Crippen molar-refractivity contribution in [3.63, 3.8) is 0 Å². The van der Waals surface area contributed by atoms with Crippen LogP contribution in [0.1, 0.15) is 43.2 Å². The average Bonchev–Trinajstić information content (AvgIpc) is 3.28. The average molecular weight is 396 g/mol. The van der Waals surface area contributed by atoms with Gasteiger partial charge in [0.2, 0.25) is 5.91 Å². The summed E-state index contributed by atoms with van der Waals surface area (Å²) in [7, 11) is 0. The molecule has 1 aromatic carbocycles. The Morgan fingerprint density at radius 3 is 2.57 bits per heavy atom. The normalized spacial score (nSPS) is 31.7. The maximum atomic E-state index is 13.2. The van der Waals surface area contributed by atoms with Crippen LogP contribution in [0, 0.1) is 17.8 Å². The van der Waals surface area contributed by atoms with Gasteiger partial charge in [0.05, 0.1) is 11.5 Å². The third-order valence-corrected chi connectivity index (χ3v) is 7.14. The molecule has 1 aliphatic heterocycles. The Labute approximate surface area is 163 Å². The third-order valence-electron chi connectivity index (χ3n) is 7.14. The lowest BCUT2D eigenvalue weighted by molar-refractivity contribution is -0.137. The van der Waals surface area contributed by atoms with Gasteiger partial charge in [-0.1, -0.05) is 18.2 Å². The molecule has 2 bridgehead atoms. The van der Waals surface area contributed by atoms with Crippen LogP contribution in [0.5, 0.6) is 0 Å². The first-order valence-corrected chi connectivity index (χ1v) is 10.1. The summed E-state index contributed by atoms with van der Waals surface area (Å²) in [5.41, 5.74) is 5.69. The van der Waals surface area contributed by atoms with Crippen molar-refractivity contribution in [3.8, 4) is 0 Å². The van der Waals surface area contributed by atoms with E-state index in [4.69, 9.17) is 10.5 Å². The highest BCUT2D eigenvalue weighted by molar-refractivity contribution is 5.80. The number of carbonyl (C=O) groups excluding carboxylic acids is 1. The molecule has 0 spiro atoms. The molecule has 154 valence electrons. The van der Waals surface area contributed by atoms with Gasteiger partial charge in [-0.2, -0.15) is 13.2 Å². The number of fused-ring (bicyclic) bond motifs is 2. The van der Waals surface area contributed by atoms with Gasteiger partial charge < -0.3 is 15.8 Å². The van der Waals surface area contributed by atoms with Gasteiger partial charge in [0.15, 0.2) is 0 Å². The molecule has 3 N–H and O–H groups in total. The Hall–Kier alpha value is -1.60. The number of carbonyl (C=O) groups is 1. The number of rotatable bonds is 4. The summed E-state index contributed by atoms with van der Waals surface area (Å²) in [6.07, 6.45) is -0.0632. The Balaban J connectivity index is 1.53. The van der Waals surface area contributed by atoms with E-state index in [0.717, 1.165) is 25.3 Å². The zero-order valence-corrected chi connectivity index (χ0v) is 15.8. The first kappa shape index (κ1) is 19.7. The highest BCUT2D eigenvalue weighted by Gasteiger charge is 2.49. The smallest absolute Gasteiger partial charge is 0.381 e. The molecule has 2 saturated carbocycles. The molecule has 4 nitrogen and oxygen atoms in total. The van der Waals surface area contributed by atoms with Crippen molar-refractivity contribution in [1.82, 2.24) is 5.32 Å². The topological polar surface area (TPSA) is 64.4 Å². The van der Waals surface area contributed by atoms with E-state index in [1.165, 1.54) is 12.1 Å². The lowest BCUT2D eigenvalue weighted by atomic mass is 9.73. The predicted molar refractivity (Wildman–Crippen MR) is 98.5 cm³/mol. The van der Waals surface area contributed by atoms with Crippen molar-refractivity contribution in [2.45, 2.75) is 49.7 Å². The molecule has 4 unspecified atom stereocenters. The molecule has 28 heavy (non-hydrogen) atoms. The minimum absolute atomic E-state index is 0.0439. The van der Waals surface area contributed by atoms with Crippen LogP contribution in [0.4, 0.5) is 13.2 Å². The summed E-state index contributed by atoms with van der Waals surface area (Å²) in [5, 5.41) is 3.05. The molecule has 7 heteroatoms. The lowest BCUT2D eigenvalue weighted by Gasteiger charge is -2.39. The zero-order chi connectivity index (χ0) is 19.9. The number of benzene rings is 1. The van der Waals surface area contributed by atoms with E-state index in [1.54, 1.807) is 6.07 Å². The summed E-state index contributed by atoms with van der Waals surface area (Å²) in [6, 6.07) is 5.39. The number of halogens is 3. The molecular formula is C21H27F3N2O2. The van der Waals surface area contributed by atoms with Crippen molar-refractivity contribution in [3.05, 3.63) is 35.4 Å². The molecule has 3 aliphatic rings. The van der Waals surface area contributed by atoms with E-state index in [-0.39, 0.29) is 17.9 Å². The van der Waals surface area contributed by atoms with Crippen molar-refractivity contribution in [1.29, 1.82) is 0 Å². The molecule has 0 aromatic heterocycles. The van der Waals surface area contributed by atoms with Crippen LogP contribution in [-0.4, -0.2) is 31.7 Å². The van der Waals surface area contributed by atoms with Crippen LogP contribution < -0.4 is 11.1 Å². The van der Waals surface area contributed by atoms with Gasteiger partial charge in [-0.25, -0.2) is 0 Å². The Morgan fingerprint density at radius 1 is 1.21 bits per heavy atom. The number of hydrogen-bond acceptors (Lipinski definition) is 3. The molecule has 1 saturated heterocycles. The molecular weight excluding hydrogens is 369 g/mol. The molecule has 0 radical (unpaired) electrons. The fourth-order valence-electron chi connectivity index (χ4n) is 5.45. The number of nitrogens with one attached hydrogen (secondary N) is 1. The van der Waals surface area contributed by atoms with E-state index in [0.29, 0.717) is 50.0 Å². The standard InChI is InChI=1S/C21H27F3N2O2/c22-21(23,24)16-3-1-2-15(11-16)20(6-8-28-9-7-20)12-26-19(27)17-13-4-5-14(10-13)18(17)25/h1-3,11,13-14,17-18H,4-10,12,25H2,(H,26,27). The van der Waals surface area contributed by atoms with Gasteiger partial charge in [0, 0.05) is 31.2 Å². The molecule has 4 rings (SSSR count). The van der Waals surface area contributed by atoms with E-state index in [1.807, 2.05) is 0 Å². The van der Waals surface area contributed by atoms with Crippen molar-refractivity contribution in [2.75, 3.05) is 19.8 Å². The number of amides is 1. The fraction of sp³-hybridized carbons (Fsp3) is 0.667. The largest absolute Gasteiger partial charge is 0.416 e. The Morgan fingerprint density at radius 2 is 1.93 bits per heavy atom. The quantitative estimate of drug-likeness (QED) is 0.821. The number of ether oxygens (including phenoxy) is 1. The number of nitrogens with two attached hydrogens (primary N) is 1. The van der Waals surface area contributed by atoms with Crippen molar-refractivity contribution < 1.29 is 22.7 Å². The molecule has 4 atom stereocenters. The van der Waals surface area contributed by atoms with E-state index in [2.05, 4.69) is 5.32 Å². The van der Waals surface area contributed by atoms with Gasteiger partial charge in [-0.15, -0.1) is 0 Å². The van der Waals surface area contributed by atoms with Crippen LogP contribution in [0.2, 0.25) is 0 Å². The summed E-state index contributed by atoms with van der Waals surface area (Å²) < 4.78 is 45.1. The molecule has 1 heterocycles. The molecule has 3 fully saturated rings. The van der Waals surface area contributed by atoms with E-state index < -0.39 is 17.2 Å². The van der Waals surface area contributed by atoms with Gasteiger partial charge in [0.25, 0.3) is 0 Å². The minimum Gasteiger partial charge on any atom is -0.381 e. The summed E-state index contributed by atoms with van der Waals surface area (Å²) in [6.45, 7) is 1.26. The Kier molecular flexibility index (Phi) is 5.16. The first-order valence-electron chi connectivity index (χ1n) is 10.1. The zero-order valence-electron chi connectivity index (χ0n) is 15.8. The van der Waals surface area contributed by atoms with E-state index >= 15 is 0 Å². The second kappa shape index (κ2) is 7.34. The van der Waals surface area contributed by atoms with Crippen LogP contribution >= 0.6 is 0 Å². The van der Waals surface area contributed by atoms with Gasteiger partial charge >= 0.3 is 6.18 Å². The second-order valence-electron chi connectivity index (χ2n) is 8.63. The van der Waals surface area contributed by atoms with Gasteiger partial charge in [-0.05, 0) is 55.6 Å². The maximum absolute atomic E-state index is 13.2. The van der Waals surface area contributed by atoms with Gasteiger partial charge in [0.1, 0.15) is 0 Å². The summed E-state index contributed by atoms with van der Waals surface area (Å²) in [5.74, 6) is 0.565. The summed E-state index contributed by atoms with van der Waals surface area (Å²) >= 11 is 0. The number of hydrogen-bond donors (Lipinski definition) is 2. The van der Waals surface area contributed by atoms with Crippen LogP contribution in [-0.2, 0) is 21.1 Å². The van der Waals surface area contributed by atoms with Crippen molar-refractivity contribution in [2.24, 2.45) is 23.5 Å². The SMILES string of the molecule is NC1C2CCC(C2)C1C(=O)NCC1(c2cccc(C(F)(F)F)c2)CCOCC1. The van der Waals surface area contributed by atoms with Crippen LogP contribution in [0.3, 0.4) is 0 Å². The fourth-order valence-corrected chi connectivity index (χ4v) is 5.45. The maximum Gasteiger partial charge on any atom is 0.416 e. The second-order valence-corrected chi connectivity index (χ2v) is 8.63. The highest BCUT2D eigenvalue weighted by atomic mass is 19.4. The lowest BCUT2D eigenvalue weighted by Crippen LogP contribution is -2.50. The Bertz CT molecular complexity index is 729. The van der Waals surface area contributed by atoms with Crippen molar-refractivity contribution >= 4 is 5.91 Å². The van der Waals surface area contributed by atoms with Crippen LogP contribution in [0.25, 0.3) is 0 Å². The predicted octanol–water partition coefficient (Wildman–Crippen LogP) is 3.24. The van der Waals surface area contributed by atoms with Gasteiger partial charge in [-0.3, -0.25) is 4.79 Å². The summed E-state index contributed by atoms with van der Waals surface area (Å²) in [4.78, 5) is 12.9. The highest BCUT2D eigenvalue weighted by Crippen LogP contribution is 2.47. The molecule has 1 amide bonds. The number of alkyl halides is 3. The van der Waals surface area contributed by atoms with Crippen LogP contribution in [0.15, 0.2) is 24.3 Å². The monoisotopic (exact) mass is 396 g/mol. The van der Waals surface area contributed by atoms with E-state index in [9.17, 15) is 18.0 Å². The third kappa shape index (κ3) is 3.54. The first-order chi connectivity index (χ1) is 13.3. The molecule has 2 aliphatic carbocycles. The molecule has 1 aromatic rings.